The average molecular weight is 160 g/mol. The molecule has 0 nitrogen and oxygen atoms in total. The molecule has 0 amide bonds. The van der Waals surface area contributed by atoms with Gasteiger partial charge in [-0.3, -0.25) is 0 Å². The summed E-state index contributed by atoms with van der Waals surface area (Å²) in [5.41, 5.74) is 5.35. The van der Waals surface area contributed by atoms with Crippen molar-refractivity contribution in [3.8, 4) is 0 Å². The summed E-state index contributed by atoms with van der Waals surface area (Å²) in [7, 11) is 0. The van der Waals surface area contributed by atoms with Crippen LogP contribution in [0.1, 0.15) is 27.7 Å². The molecule has 0 aliphatic heterocycles. The van der Waals surface area contributed by atoms with Crippen LogP contribution in [0.2, 0.25) is 0 Å². The molecule has 0 aromatic rings. The zero-order valence-corrected chi connectivity index (χ0v) is 8.31. The molecule has 0 heterocycles. The molecule has 0 radical (unpaired) electrons. The van der Waals surface area contributed by atoms with Crippen molar-refractivity contribution in [2.75, 3.05) is 0 Å². The first-order chi connectivity index (χ1) is 5.59. The minimum absolute atomic E-state index is 1.32. The molecule has 0 heteroatoms. The van der Waals surface area contributed by atoms with Gasteiger partial charge in [0.15, 0.2) is 0 Å². The molecule has 12 heavy (non-hydrogen) atoms. The van der Waals surface area contributed by atoms with Gasteiger partial charge in [0.2, 0.25) is 0 Å². The van der Waals surface area contributed by atoms with E-state index in [1.54, 1.807) is 0 Å². The first-order valence-corrected chi connectivity index (χ1v) is 4.32. The van der Waals surface area contributed by atoms with Crippen molar-refractivity contribution in [1.82, 2.24) is 0 Å². The normalized spacial score (nSPS) is 35.7. The van der Waals surface area contributed by atoms with Crippen LogP contribution in [-0.4, -0.2) is 0 Å². The van der Waals surface area contributed by atoms with Gasteiger partial charge in [-0.25, -0.2) is 0 Å². The van der Waals surface area contributed by atoms with Gasteiger partial charge in [-0.2, -0.15) is 0 Å². The Hall–Kier alpha value is -1.04. The molecule has 0 bridgehead atoms. The van der Waals surface area contributed by atoms with Crippen molar-refractivity contribution < 1.29 is 0 Å². The Labute approximate surface area is 75.0 Å². The maximum atomic E-state index is 2.22. The van der Waals surface area contributed by atoms with E-state index in [0.29, 0.717) is 0 Å². The minimum atomic E-state index is 1.32. The average Bonchev–Trinajstić information content (AvgIpc) is 1.99. The highest BCUT2D eigenvalue weighted by atomic mass is 14.0. The third kappa shape index (κ3) is 2.23. The predicted octanol–water partition coefficient (Wildman–Crippen LogP) is 3.79. The molecule has 0 spiro atoms. The monoisotopic (exact) mass is 160 g/mol. The van der Waals surface area contributed by atoms with E-state index in [2.05, 4.69) is 52.0 Å². The molecule has 1 aliphatic carbocycles. The highest BCUT2D eigenvalue weighted by Gasteiger charge is 1.95. The van der Waals surface area contributed by atoms with Gasteiger partial charge in [-0.1, -0.05) is 35.5 Å². The molecule has 1 rings (SSSR count). The maximum absolute atomic E-state index is 2.22. The van der Waals surface area contributed by atoms with Crippen molar-refractivity contribution in [3.63, 3.8) is 0 Å². The summed E-state index contributed by atoms with van der Waals surface area (Å²) in [5, 5.41) is 0. The van der Waals surface area contributed by atoms with E-state index in [9.17, 15) is 0 Å². The van der Waals surface area contributed by atoms with Gasteiger partial charge in [0.1, 0.15) is 0 Å². The van der Waals surface area contributed by atoms with Crippen LogP contribution in [0.4, 0.5) is 0 Å². The van der Waals surface area contributed by atoms with Crippen LogP contribution in [0, 0.1) is 0 Å². The van der Waals surface area contributed by atoms with E-state index in [0.717, 1.165) is 0 Å². The highest BCUT2D eigenvalue weighted by molar-refractivity contribution is 5.41. The first-order valence-electron chi connectivity index (χ1n) is 4.32. The Kier molecular flexibility index (Phi) is 2.69. The Balaban J connectivity index is 3.13. The molecule has 0 fully saturated rings. The van der Waals surface area contributed by atoms with Gasteiger partial charge < -0.3 is 0 Å². The lowest BCUT2D eigenvalue weighted by Gasteiger charge is -2.04. The summed E-state index contributed by atoms with van der Waals surface area (Å²) in [6.07, 6.45) is 8.74. The molecule has 0 aromatic carbocycles. The predicted molar refractivity (Wildman–Crippen MR) is 55.0 cm³/mol. The van der Waals surface area contributed by atoms with Crippen LogP contribution in [0.25, 0.3) is 0 Å². The van der Waals surface area contributed by atoms with Crippen LogP contribution in [0.15, 0.2) is 46.6 Å². The van der Waals surface area contributed by atoms with E-state index < -0.39 is 0 Å². The summed E-state index contributed by atoms with van der Waals surface area (Å²) < 4.78 is 0. The zero-order chi connectivity index (χ0) is 9.14. The van der Waals surface area contributed by atoms with Crippen molar-refractivity contribution in [2.45, 2.75) is 27.7 Å². The number of hydrogen-bond donors (Lipinski definition) is 0. The van der Waals surface area contributed by atoms with Crippen LogP contribution in [0.3, 0.4) is 0 Å². The van der Waals surface area contributed by atoms with Gasteiger partial charge in [0.25, 0.3) is 0 Å². The molecule has 1 aliphatic rings. The van der Waals surface area contributed by atoms with E-state index in [4.69, 9.17) is 0 Å². The fourth-order valence-electron chi connectivity index (χ4n) is 1.27. The highest BCUT2D eigenvalue weighted by Crippen LogP contribution is 2.15. The smallest absolute Gasteiger partial charge is 0.0395 e. The summed E-state index contributed by atoms with van der Waals surface area (Å²) in [6.45, 7) is 8.57. The van der Waals surface area contributed by atoms with E-state index >= 15 is 0 Å². The third-order valence-corrected chi connectivity index (χ3v) is 2.12. The van der Waals surface area contributed by atoms with Crippen molar-refractivity contribution >= 4 is 0 Å². The van der Waals surface area contributed by atoms with Crippen LogP contribution < -0.4 is 0 Å². The molecular weight excluding hydrogens is 144 g/mol. The second kappa shape index (κ2) is 3.57. The molecular formula is C12H16. The summed E-state index contributed by atoms with van der Waals surface area (Å²) in [4.78, 5) is 0. The Bertz CT molecular complexity index is 266. The number of allylic oxidation sites excluding steroid dienone is 8. The van der Waals surface area contributed by atoms with Crippen molar-refractivity contribution in [3.05, 3.63) is 46.6 Å². The largest absolute Gasteiger partial charge is 0.0591 e. The van der Waals surface area contributed by atoms with E-state index in [-0.39, 0.29) is 0 Å². The molecule has 0 saturated heterocycles. The van der Waals surface area contributed by atoms with Crippen LogP contribution in [0.5, 0.6) is 0 Å². The third-order valence-electron chi connectivity index (χ3n) is 2.12. The topological polar surface area (TPSA) is 0 Å². The van der Waals surface area contributed by atoms with Crippen molar-refractivity contribution in [2.24, 2.45) is 0 Å². The molecule has 0 N–H and O–H groups in total. The fraction of sp³-hybridized carbons (Fsp3) is 0.333. The Morgan fingerprint density at radius 2 is 1.00 bits per heavy atom. The molecule has 0 saturated carbocycles. The zero-order valence-electron chi connectivity index (χ0n) is 8.31. The summed E-state index contributed by atoms with van der Waals surface area (Å²) in [5.74, 6) is 0. The van der Waals surface area contributed by atoms with Crippen LogP contribution >= 0.6 is 0 Å². The number of hydrogen-bond acceptors (Lipinski definition) is 0. The first kappa shape index (κ1) is 9.05. The quantitative estimate of drug-likeness (QED) is 0.506. The lowest BCUT2D eigenvalue weighted by molar-refractivity contribution is 1.31. The minimum Gasteiger partial charge on any atom is -0.0591 e. The molecule has 64 valence electrons. The Morgan fingerprint density at radius 1 is 0.667 bits per heavy atom. The second-order valence-electron chi connectivity index (χ2n) is 3.48. The van der Waals surface area contributed by atoms with Gasteiger partial charge in [-0.05, 0) is 38.8 Å². The fourth-order valence-corrected chi connectivity index (χ4v) is 1.27. The van der Waals surface area contributed by atoms with E-state index in [1.165, 1.54) is 22.3 Å². The van der Waals surface area contributed by atoms with Gasteiger partial charge >= 0.3 is 0 Å². The SMILES string of the molecule is CC1=C/C(C)=C(C)\C=C(C)/C=C\1. The lowest BCUT2D eigenvalue weighted by atomic mass is 10.0. The molecule has 0 atom stereocenters. The van der Waals surface area contributed by atoms with Gasteiger partial charge in [0, 0.05) is 0 Å². The summed E-state index contributed by atoms with van der Waals surface area (Å²) >= 11 is 0. The molecule has 0 aromatic heterocycles. The maximum Gasteiger partial charge on any atom is -0.0395 e. The lowest BCUT2D eigenvalue weighted by Crippen LogP contribution is -1.83. The van der Waals surface area contributed by atoms with Gasteiger partial charge in [0.05, 0.1) is 0 Å². The van der Waals surface area contributed by atoms with Crippen LogP contribution in [-0.2, 0) is 0 Å². The van der Waals surface area contributed by atoms with Gasteiger partial charge in [-0.15, -0.1) is 0 Å². The molecule has 0 unspecified atom stereocenters. The van der Waals surface area contributed by atoms with Crippen molar-refractivity contribution in [1.29, 1.82) is 0 Å². The summed E-state index contributed by atoms with van der Waals surface area (Å²) in [6, 6.07) is 0. The van der Waals surface area contributed by atoms with E-state index in [1.807, 2.05) is 0 Å². The second-order valence-corrected chi connectivity index (χ2v) is 3.48. The Morgan fingerprint density at radius 3 is 1.33 bits per heavy atom. The standard InChI is InChI=1S/C12H16/c1-9-5-6-10(2)8-12(4)11(3)7-9/h5-8H,1-4H3/b6-5-,9-5?,9-7-,10-6?,10-8-,11-7?,12-8?,12-11-. The number of rotatable bonds is 0.